The Morgan fingerprint density at radius 3 is 2.14 bits per heavy atom. The lowest BCUT2D eigenvalue weighted by atomic mass is 10.0. The maximum absolute atomic E-state index is 5.31. The van der Waals surface area contributed by atoms with Gasteiger partial charge in [-0.1, -0.05) is 78.9 Å². The van der Waals surface area contributed by atoms with Crippen molar-refractivity contribution < 1.29 is 0 Å². The number of aliphatic imine (C=N–C) groups is 1. The topological polar surface area (TPSA) is 34.2 Å². The normalized spacial score (nSPS) is 15.9. The molecule has 1 N–H and O–H groups in total. The minimum atomic E-state index is -0.138. The van der Waals surface area contributed by atoms with Gasteiger partial charge in [0.2, 0.25) is 0 Å². The maximum atomic E-state index is 5.31. The first kappa shape index (κ1) is 18.5. The lowest BCUT2D eigenvalue weighted by Gasteiger charge is -2.32. The molecular weight excluding hydrogens is 440 g/mol. The summed E-state index contributed by atoms with van der Waals surface area (Å²) < 4.78 is 4.93. The fraction of sp³-hybridized carbons (Fsp3) is 0.0312. The maximum Gasteiger partial charge on any atom is 0.148 e. The van der Waals surface area contributed by atoms with Crippen LogP contribution >= 0.6 is 0 Å². The zero-order valence-corrected chi connectivity index (χ0v) is 19.3. The summed E-state index contributed by atoms with van der Waals surface area (Å²) in [5.74, 6) is 0. The highest BCUT2D eigenvalue weighted by Crippen LogP contribution is 2.46. The van der Waals surface area contributed by atoms with Crippen LogP contribution < -0.4 is 5.32 Å². The second-order valence-corrected chi connectivity index (χ2v) is 9.68. The molecule has 0 aliphatic carbocycles. The van der Waals surface area contributed by atoms with E-state index in [1.54, 1.807) is 0 Å². The SMILES string of the molecule is c1ccc2c(c1)N=C1c3ccccc3-n3c4ccccc4c4ccc5c6ccccc6n(c5c43)C1N2. The van der Waals surface area contributed by atoms with Gasteiger partial charge in [0.05, 0.1) is 44.8 Å². The minimum Gasteiger partial charge on any atom is -0.358 e. The van der Waals surface area contributed by atoms with Crippen molar-refractivity contribution in [2.75, 3.05) is 5.32 Å². The number of anilines is 1. The number of fused-ring (bicyclic) bond motifs is 12. The van der Waals surface area contributed by atoms with Crippen molar-refractivity contribution in [1.82, 2.24) is 9.13 Å². The first-order valence-corrected chi connectivity index (χ1v) is 12.4. The van der Waals surface area contributed by atoms with Gasteiger partial charge >= 0.3 is 0 Å². The van der Waals surface area contributed by atoms with Gasteiger partial charge in [-0.3, -0.25) is 0 Å². The quantitative estimate of drug-likeness (QED) is 0.245. The lowest BCUT2D eigenvalue weighted by Crippen LogP contribution is -2.31. The van der Waals surface area contributed by atoms with Gasteiger partial charge in [-0.25, -0.2) is 4.99 Å². The van der Waals surface area contributed by atoms with Gasteiger partial charge in [0.1, 0.15) is 6.17 Å². The Balaban J connectivity index is 1.60. The highest BCUT2D eigenvalue weighted by Gasteiger charge is 2.33. The Bertz CT molecular complexity index is 2090. The molecular formula is C32H20N4. The molecule has 5 aromatic carbocycles. The van der Waals surface area contributed by atoms with Gasteiger partial charge in [-0.15, -0.1) is 0 Å². The summed E-state index contributed by atoms with van der Waals surface area (Å²) in [7, 11) is 0. The molecule has 4 heteroatoms. The number of nitrogens with one attached hydrogen (secondary N) is 1. The molecule has 0 spiro atoms. The largest absolute Gasteiger partial charge is 0.358 e. The van der Waals surface area contributed by atoms with Crippen molar-refractivity contribution in [2.45, 2.75) is 6.17 Å². The molecule has 0 saturated carbocycles. The van der Waals surface area contributed by atoms with E-state index in [2.05, 4.69) is 124 Å². The zero-order valence-electron chi connectivity index (χ0n) is 19.3. The number of para-hydroxylation sites is 5. The van der Waals surface area contributed by atoms with Crippen LogP contribution in [-0.2, 0) is 0 Å². The standard InChI is InChI=1S/C32H20N4/c1-6-14-26-19(9-1)21-17-18-22-20-10-2-7-15-27(20)36-31(22)30(21)35(26)28-16-8-3-11-23(28)29-32(36)34-25-13-5-4-12-24(25)33-29/h1-18,32,34H. The van der Waals surface area contributed by atoms with E-state index >= 15 is 0 Å². The van der Waals surface area contributed by atoms with E-state index in [4.69, 9.17) is 4.99 Å². The molecule has 168 valence electrons. The Hall–Kier alpha value is -4.83. The summed E-state index contributed by atoms with van der Waals surface area (Å²) in [6.45, 7) is 0. The smallest absolute Gasteiger partial charge is 0.148 e. The van der Waals surface area contributed by atoms with Crippen molar-refractivity contribution in [1.29, 1.82) is 0 Å². The summed E-state index contributed by atoms with van der Waals surface area (Å²) in [5, 5.41) is 8.94. The van der Waals surface area contributed by atoms with E-state index in [1.165, 1.54) is 43.6 Å². The molecule has 7 aromatic rings. The van der Waals surface area contributed by atoms with Gasteiger partial charge in [0.25, 0.3) is 0 Å². The number of nitrogens with zero attached hydrogens (tertiary/aromatic N) is 3. The monoisotopic (exact) mass is 460 g/mol. The van der Waals surface area contributed by atoms with Crippen molar-refractivity contribution in [3.05, 3.63) is 115 Å². The van der Waals surface area contributed by atoms with E-state index < -0.39 is 0 Å². The first-order valence-electron chi connectivity index (χ1n) is 12.4. The molecule has 36 heavy (non-hydrogen) atoms. The lowest BCUT2D eigenvalue weighted by molar-refractivity contribution is 0.757. The highest BCUT2D eigenvalue weighted by atomic mass is 15.2. The van der Waals surface area contributed by atoms with Crippen LogP contribution in [0.1, 0.15) is 11.7 Å². The fourth-order valence-electron chi connectivity index (χ4n) is 6.43. The molecule has 0 fully saturated rings. The molecule has 1 atom stereocenters. The van der Waals surface area contributed by atoms with E-state index in [0.29, 0.717) is 0 Å². The zero-order chi connectivity index (χ0) is 23.4. The van der Waals surface area contributed by atoms with Gasteiger partial charge in [0, 0.05) is 27.1 Å². The Kier molecular flexibility index (Phi) is 3.30. The molecule has 0 radical (unpaired) electrons. The molecule has 1 unspecified atom stereocenters. The summed E-state index contributed by atoms with van der Waals surface area (Å²) in [5.41, 5.74) is 10.3. The molecule has 0 saturated heterocycles. The van der Waals surface area contributed by atoms with Gasteiger partial charge in [-0.05, 0) is 30.3 Å². The summed E-state index contributed by atoms with van der Waals surface area (Å²) in [6, 6.07) is 39.2. The third-order valence-electron chi connectivity index (χ3n) is 7.88. The van der Waals surface area contributed by atoms with Crippen LogP contribution in [0.2, 0.25) is 0 Å². The number of hydrogen-bond acceptors (Lipinski definition) is 2. The van der Waals surface area contributed by atoms with E-state index in [0.717, 1.165) is 28.3 Å². The van der Waals surface area contributed by atoms with Crippen molar-refractivity contribution in [3.63, 3.8) is 0 Å². The summed E-state index contributed by atoms with van der Waals surface area (Å²) in [6.07, 6.45) is -0.138. The third-order valence-corrected chi connectivity index (χ3v) is 7.88. The Morgan fingerprint density at radius 1 is 0.583 bits per heavy atom. The molecule has 0 bridgehead atoms. The van der Waals surface area contributed by atoms with Crippen LogP contribution in [0.5, 0.6) is 0 Å². The molecule has 4 nitrogen and oxygen atoms in total. The van der Waals surface area contributed by atoms with E-state index in [-0.39, 0.29) is 6.17 Å². The van der Waals surface area contributed by atoms with Crippen LogP contribution in [0.25, 0.3) is 49.3 Å². The fourth-order valence-corrected chi connectivity index (χ4v) is 6.43. The van der Waals surface area contributed by atoms with Crippen LogP contribution in [0, 0.1) is 0 Å². The number of rotatable bonds is 0. The molecule has 0 amide bonds. The average Bonchev–Trinajstić information content (AvgIpc) is 3.44. The van der Waals surface area contributed by atoms with E-state index in [1.807, 2.05) is 0 Å². The molecule has 2 aliphatic heterocycles. The van der Waals surface area contributed by atoms with Crippen LogP contribution in [-0.4, -0.2) is 14.8 Å². The average molecular weight is 461 g/mol. The van der Waals surface area contributed by atoms with Gasteiger partial charge < -0.3 is 14.5 Å². The second-order valence-electron chi connectivity index (χ2n) is 9.68. The molecule has 2 aromatic heterocycles. The second kappa shape index (κ2) is 6.43. The van der Waals surface area contributed by atoms with Crippen LogP contribution in [0.4, 0.5) is 11.4 Å². The van der Waals surface area contributed by atoms with E-state index in [9.17, 15) is 0 Å². The Morgan fingerprint density at radius 2 is 1.25 bits per heavy atom. The van der Waals surface area contributed by atoms with Gasteiger partial charge in [-0.2, -0.15) is 0 Å². The number of benzene rings is 5. The summed E-state index contributed by atoms with van der Waals surface area (Å²) in [4.78, 5) is 5.31. The van der Waals surface area contributed by atoms with Crippen LogP contribution in [0.3, 0.4) is 0 Å². The first-order chi connectivity index (χ1) is 17.9. The third kappa shape index (κ3) is 2.13. The Labute approximate surface area is 206 Å². The number of hydrogen-bond donors (Lipinski definition) is 1. The predicted molar refractivity (Wildman–Crippen MR) is 149 cm³/mol. The number of aromatic nitrogens is 2. The van der Waals surface area contributed by atoms with Crippen LogP contribution in [0.15, 0.2) is 114 Å². The molecule has 4 heterocycles. The molecule has 9 rings (SSSR count). The van der Waals surface area contributed by atoms with Crippen molar-refractivity contribution >= 4 is 60.7 Å². The summed E-state index contributed by atoms with van der Waals surface area (Å²) >= 11 is 0. The molecule has 2 aliphatic rings. The highest BCUT2D eigenvalue weighted by molar-refractivity contribution is 6.25. The predicted octanol–water partition coefficient (Wildman–Crippen LogP) is 7.95. The van der Waals surface area contributed by atoms with Crippen molar-refractivity contribution in [3.8, 4) is 5.69 Å². The van der Waals surface area contributed by atoms with Crippen molar-refractivity contribution in [2.24, 2.45) is 4.99 Å². The van der Waals surface area contributed by atoms with Gasteiger partial charge in [0.15, 0.2) is 0 Å². The minimum absolute atomic E-state index is 0.138.